The number of rotatable bonds is 2. The maximum atomic E-state index is 6.17. The fraction of sp³-hybridized carbons (Fsp3) is 0.308. The molecule has 1 saturated heterocycles. The van der Waals surface area contributed by atoms with Gasteiger partial charge < -0.3 is 9.80 Å². The molecular formula is C13H14ClN5. The second-order valence-electron chi connectivity index (χ2n) is 4.35. The molecule has 1 aliphatic heterocycles. The summed E-state index contributed by atoms with van der Waals surface area (Å²) in [5.74, 6) is 1.79. The summed E-state index contributed by atoms with van der Waals surface area (Å²) in [5, 5.41) is 0.704. The van der Waals surface area contributed by atoms with Crippen LogP contribution >= 0.6 is 11.6 Å². The first-order chi connectivity index (χ1) is 9.34. The number of piperazine rings is 1. The van der Waals surface area contributed by atoms with Gasteiger partial charge in [-0.1, -0.05) is 11.6 Å². The molecule has 5 nitrogen and oxygen atoms in total. The van der Waals surface area contributed by atoms with Gasteiger partial charge in [-0.2, -0.15) is 0 Å². The Bertz CT molecular complexity index is 540. The van der Waals surface area contributed by atoms with Crippen LogP contribution in [-0.4, -0.2) is 41.1 Å². The Morgan fingerprint density at radius 1 is 0.947 bits per heavy atom. The third-order valence-corrected chi connectivity index (χ3v) is 3.49. The molecule has 3 rings (SSSR count). The molecule has 0 spiro atoms. The molecule has 0 saturated carbocycles. The number of pyridine rings is 1. The van der Waals surface area contributed by atoms with Gasteiger partial charge in [-0.3, -0.25) is 4.98 Å². The van der Waals surface area contributed by atoms with E-state index >= 15 is 0 Å². The van der Waals surface area contributed by atoms with Crippen molar-refractivity contribution in [1.29, 1.82) is 0 Å². The smallest absolute Gasteiger partial charge is 0.147 e. The van der Waals surface area contributed by atoms with Gasteiger partial charge >= 0.3 is 0 Å². The number of halogens is 1. The number of hydrogen-bond donors (Lipinski definition) is 0. The molecule has 0 bridgehead atoms. The second kappa shape index (κ2) is 5.40. The Labute approximate surface area is 116 Å². The Morgan fingerprint density at radius 3 is 2.42 bits per heavy atom. The zero-order valence-electron chi connectivity index (χ0n) is 10.4. The van der Waals surface area contributed by atoms with E-state index in [4.69, 9.17) is 11.6 Å². The molecule has 0 amide bonds. The number of hydrogen-bond acceptors (Lipinski definition) is 5. The number of anilines is 2. The van der Waals surface area contributed by atoms with Crippen LogP contribution in [0.5, 0.6) is 0 Å². The minimum atomic E-state index is 0.704. The van der Waals surface area contributed by atoms with E-state index in [0.29, 0.717) is 5.02 Å². The third-order valence-electron chi connectivity index (χ3n) is 3.19. The fourth-order valence-corrected chi connectivity index (χ4v) is 2.45. The summed E-state index contributed by atoms with van der Waals surface area (Å²) >= 11 is 6.17. The molecule has 0 atom stereocenters. The van der Waals surface area contributed by atoms with Gasteiger partial charge in [0.05, 0.1) is 11.2 Å². The van der Waals surface area contributed by atoms with Gasteiger partial charge in [-0.25, -0.2) is 9.97 Å². The van der Waals surface area contributed by atoms with Crippen LogP contribution in [0.25, 0.3) is 0 Å². The zero-order valence-corrected chi connectivity index (χ0v) is 11.2. The monoisotopic (exact) mass is 275 g/mol. The summed E-state index contributed by atoms with van der Waals surface area (Å²) in [6.45, 7) is 3.55. The van der Waals surface area contributed by atoms with Crippen molar-refractivity contribution in [1.82, 2.24) is 15.0 Å². The summed E-state index contributed by atoms with van der Waals surface area (Å²) in [7, 11) is 0. The van der Waals surface area contributed by atoms with E-state index in [0.717, 1.165) is 37.8 Å². The molecule has 1 aliphatic rings. The maximum Gasteiger partial charge on any atom is 0.147 e. The van der Waals surface area contributed by atoms with E-state index in [2.05, 4.69) is 24.8 Å². The van der Waals surface area contributed by atoms with Crippen molar-refractivity contribution >= 4 is 23.2 Å². The van der Waals surface area contributed by atoms with Crippen LogP contribution in [0, 0.1) is 0 Å². The second-order valence-corrected chi connectivity index (χ2v) is 4.75. The lowest BCUT2D eigenvalue weighted by Crippen LogP contribution is -2.47. The average Bonchev–Trinajstić information content (AvgIpc) is 2.49. The highest BCUT2D eigenvalue weighted by Crippen LogP contribution is 2.24. The van der Waals surface area contributed by atoms with Gasteiger partial charge in [0.2, 0.25) is 0 Å². The Balaban J connectivity index is 1.69. The minimum Gasteiger partial charge on any atom is -0.352 e. The van der Waals surface area contributed by atoms with Crippen molar-refractivity contribution in [3.63, 3.8) is 0 Å². The van der Waals surface area contributed by atoms with E-state index in [-0.39, 0.29) is 0 Å². The van der Waals surface area contributed by atoms with Gasteiger partial charge in [-0.05, 0) is 12.1 Å². The van der Waals surface area contributed by atoms with Gasteiger partial charge in [0.25, 0.3) is 0 Å². The van der Waals surface area contributed by atoms with Crippen LogP contribution in [-0.2, 0) is 0 Å². The maximum absolute atomic E-state index is 6.17. The van der Waals surface area contributed by atoms with Crippen LogP contribution < -0.4 is 9.80 Å². The summed E-state index contributed by atoms with van der Waals surface area (Å²) < 4.78 is 0. The van der Waals surface area contributed by atoms with Gasteiger partial charge in [0, 0.05) is 44.8 Å². The van der Waals surface area contributed by atoms with E-state index in [1.165, 1.54) is 0 Å². The topological polar surface area (TPSA) is 45.2 Å². The molecule has 6 heteroatoms. The molecule has 0 N–H and O–H groups in total. The molecule has 98 valence electrons. The quantitative estimate of drug-likeness (QED) is 0.837. The van der Waals surface area contributed by atoms with Crippen LogP contribution in [0.3, 0.4) is 0 Å². The molecule has 0 unspecified atom stereocenters. The predicted molar refractivity (Wildman–Crippen MR) is 75.7 cm³/mol. The SMILES string of the molecule is Clc1cccnc1N1CCN(c2cnccn2)CC1. The molecule has 19 heavy (non-hydrogen) atoms. The van der Waals surface area contributed by atoms with E-state index < -0.39 is 0 Å². The molecule has 2 aromatic rings. The van der Waals surface area contributed by atoms with Gasteiger partial charge in [0.15, 0.2) is 0 Å². The molecule has 2 aromatic heterocycles. The average molecular weight is 276 g/mol. The Morgan fingerprint density at radius 2 is 1.74 bits per heavy atom. The highest BCUT2D eigenvalue weighted by atomic mass is 35.5. The summed E-state index contributed by atoms with van der Waals surface area (Å²) in [6.07, 6.45) is 6.98. The van der Waals surface area contributed by atoms with Crippen LogP contribution in [0.4, 0.5) is 11.6 Å². The lowest BCUT2D eigenvalue weighted by Gasteiger charge is -2.36. The largest absolute Gasteiger partial charge is 0.352 e. The van der Waals surface area contributed by atoms with Crippen molar-refractivity contribution in [2.45, 2.75) is 0 Å². The molecular weight excluding hydrogens is 262 g/mol. The summed E-state index contributed by atoms with van der Waals surface area (Å²) in [4.78, 5) is 17.2. The van der Waals surface area contributed by atoms with Gasteiger partial charge in [0.1, 0.15) is 11.6 Å². The number of nitrogens with zero attached hydrogens (tertiary/aromatic N) is 5. The molecule has 1 fully saturated rings. The molecule has 3 heterocycles. The fourth-order valence-electron chi connectivity index (χ4n) is 2.21. The van der Waals surface area contributed by atoms with Crippen molar-refractivity contribution < 1.29 is 0 Å². The lowest BCUT2D eigenvalue weighted by atomic mass is 10.3. The molecule has 0 aliphatic carbocycles. The van der Waals surface area contributed by atoms with E-state index in [1.54, 1.807) is 24.8 Å². The first kappa shape index (κ1) is 12.2. The lowest BCUT2D eigenvalue weighted by molar-refractivity contribution is 0.640. The first-order valence-electron chi connectivity index (χ1n) is 6.21. The molecule has 0 radical (unpaired) electrons. The highest BCUT2D eigenvalue weighted by molar-refractivity contribution is 6.32. The highest BCUT2D eigenvalue weighted by Gasteiger charge is 2.20. The van der Waals surface area contributed by atoms with E-state index in [9.17, 15) is 0 Å². The van der Waals surface area contributed by atoms with Gasteiger partial charge in [-0.15, -0.1) is 0 Å². The number of aromatic nitrogens is 3. The van der Waals surface area contributed by atoms with E-state index in [1.807, 2.05) is 12.1 Å². The normalized spacial score (nSPS) is 15.6. The van der Waals surface area contributed by atoms with Crippen LogP contribution in [0.2, 0.25) is 5.02 Å². The van der Waals surface area contributed by atoms with Crippen LogP contribution in [0.15, 0.2) is 36.9 Å². The minimum absolute atomic E-state index is 0.704. The zero-order chi connectivity index (χ0) is 13.1. The van der Waals surface area contributed by atoms with Crippen molar-refractivity contribution in [3.8, 4) is 0 Å². The Hall–Kier alpha value is -1.88. The Kier molecular flexibility index (Phi) is 3.46. The third kappa shape index (κ3) is 2.61. The molecule has 0 aromatic carbocycles. The summed E-state index contributed by atoms with van der Waals surface area (Å²) in [6, 6.07) is 3.72. The predicted octanol–water partition coefficient (Wildman–Crippen LogP) is 1.85. The van der Waals surface area contributed by atoms with Crippen molar-refractivity contribution in [3.05, 3.63) is 41.9 Å². The first-order valence-corrected chi connectivity index (χ1v) is 6.59. The van der Waals surface area contributed by atoms with Crippen molar-refractivity contribution in [2.24, 2.45) is 0 Å². The summed E-state index contributed by atoms with van der Waals surface area (Å²) in [5.41, 5.74) is 0. The standard InChI is InChI=1S/C13H14ClN5/c14-11-2-1-3-17-13(11)19-8-6-18(7-9-19)12-10-15-4-5-16-12/h1-5,10H,6-9H2. The van der Waals surface area contributed by atoms with Crippen molar-refractivity contribution in [2.75, 3.05) is 36.0 Å². The van der Waals surface area contributed by atoms with Crippen LogP contribution in [0.1, 0.15) is 0 Å².